The van der Waals surface area contributed by atoms with E-state index in [1.807, 2.05) is 0 Å². The molecule has 0 atom stereocenters. The number of alkyl halides is 3. The van der Waals surface area contributed by atoms with Gasteiger partial charge in [-0.05, 0) is 18.2 Å². The average molecular weight is 325 g/mol. The second-order valence-electron chi connectivity index (χ2n) is 3.59. The molecule has 1 amide bonds. The van der Waals surface area contributed by atoms with E-state index in [1.165, 1.54) is 0 Å². The third kappa shape index (κ3) is 6.04. The van der Waals surface area contributed by atoms with Gasteiger partial charge in [0.05, 0.1) is 12.1 Å². The van der Waals surface area contributed by atoms with E-state index in [2.05, 4.69) is 4.74 Å². The van der Waals surface area contributed by atoms with Gasteiger partial charge in [0.25, 0.3) is 0 Å². The molecule has 0 unspecified atom stereocenters. The first-order valence-corrected chi connectivity index (χ1v) is 4.85. The summed E-state index contributed by atoms with van der Waals surface area (Å²) in [6.45, 7) is -7.19. The van der Waals surface area contributed by atoms with Gasteiger partial charge in [-0.3, -0.25) is 4.79 Å². The van der Waals surface area contributed by atoms with Crippen molar-refractivity contribution in [1.29, 1.82) is 0 Å². The van der Waals surface area contributed by atoms with Crippen LogP contribution in [0.3, 0.4) is 0 Å². The molecule has 20 heavy (non-hydrogen) atoms. The Morgan fingerprint density at radius 3 is 2.20 bits per heavy atom. The number of amides is 1. The first-order chi connectivity index (χ1) is 8.50. The maximum atomic E-state index is 12.6. The summed E-state index contributed by atoms with van der Waals surface area (Å²) >= 11 is 0. The molecular formula is C9H7BF6KNO2. The van der Waals surface area contributed by atoms with Crippen LogP contribution >= 0.6 is 0 Å². The monoisotopic (exact) mass is 325 g/mol. The molecule has 0 fully saturated rings. The van der Waals surface area contributed by atoms with Crippen LogP contribution in [0.2, 0.25) is 0 Å². The SMILES string of the molecule is NC(=O)c1ccc(OC[B-](F)(F)F)c(C(F)(F)F)c1.[K+]. The van der Waals surface area contributed by atoms with Crippen LogP contribution in [0.4, 0.5) is 26.1 Å². The molecule has 0 aliphatic heterocycles. The largest absolute Gasteiger partial charge is 1.00 e. The van der Waals surface area contributed by atoms with Crippen molar-refractivity contribution in [2.75, 3.05) is 6.51 Å². The van der Waals surface area contributed by atoms with E-state index in [-0.39, 0.29) is 51.4 Å². The van der Waals surface area contributed by atoms with Crippen LogP contribution in [0, 0.1) is 0 Å². The molecule has 0 radical (unpaired) electrons. The molecule has 2 N–H and O–H groups in total. The van der Waals surface area contributed by atoms with Crippen molar-refractivity contribution >= 4 is 12.9 Å². The Morgan fingerprint density at radius 2 is 1.80 bits per heavy atom. The molecule has 106 valence electrons. The molecule has 1 aromatic rings. The summed E-state index contributed by atoms with van der Waals surface area (Å²) in [5.74, 6) is -2.13. The fraction of sp³-hybridized carbons (Fsp3) is 0.222. The Balaban J connectivity index is 0.00000361. The zero-order valence-electron chi connectivity index (χ0n) is 10.2. The number of hydrogen-bond donors (Lipinski definition) is 1. The van der Waals surface area contributed by atoms with Crippen molar-refractivity contribution in [1.82, 2.24) is 0 Å². The minimum Gasteiger partial charge on any atom is -0.521 e. The van der Waals surface area contributed by atoms with Gasteiger partial charge in [0, 0.05) is 5.56 Å². The number of ether oxygens (including phenoxy) is 1. The summed E-state index contributed by atoms with van der Waals surface area (Å²) in [7, 11) is 0. The molecule has 0 heterocycles. The fourth-order valence-corrected chi connectivity index (χ4v) is 1.21. The predicted molar refractivity (Wildman–Crippen MR) is 54.5 cm³/mol. The molecule has 0 aliphatic carbocycles. The number of halogens is 6. The second-order valence-corrected chi connectivity index (χ2v) is 3.59. The number of carbonyl (C=O) groups is 1. The molecule has 3 nitrogen and oxygen atoms in total. The van der Waals surface area contributed by atoms with Gasteiger partial charge in [0.15, 0.2) is 0 Å². The summed E-state index contributed by atoms with van der Waals surface area (Å²) in [5, 5.41) is 0. The second kappa shape index (κ2) is 7.16. The maximum Gasteiger partial charge on any atom is 1.00 e. The van der Waals surface area contributed by atoms with Crippen LogP contribution in [0.5, 0.6) is 5.75 Å². The summed E-state index contributed by atoms with van der Waals surface area (Å²) in [4.78, 5) is 10.7. The van der Waals surface area contributed by atoms with Crippen LogP contribution in [0.1, 0.15) is 15.9 Å². The van der Waals surface area contributed by atoms with Crippen LogP contribution in [0.15, 0.2) is 18.2 Å². The van der Waals surface area contributed by atoms with E-state index in [0.717, 1.165) is 6.07 Å². The van der Waals surface area contributed by atoms with Crippen LogP contribution < -0.4 is 61.9 Å². The van der Waals surface area contributed by atoms with Gasteiger partial charge in [0.2, 0.25) is 5.91 Å². The predicted octanol–water partition coefficient (Wildman–Crippen LogP) is -0.426. The number of hydrogen-bond acceptors (Lipinski definition) is 2. The number of benzene rings is 1. The quantitative estimate of drug-likeness (QED) is 0.604. The number of primary amides is 1. The molecule has 0 bridgehead atoms. The molecule has 0 spiro atoms. The summed E-state index contributed by atoms with van der Waals surface area (Å²) in [5.41, 5.74) is 2.84. The normalized spacial score (nSPS) is 11.7. The van der Waals surface area contributed by atoms with E-state index in [1.54, 1.807) is 0 Å². The molecule has 0 saturated carbocycles. The van der Waals surface area contributed by atoms with E-state index < -0.39 is 42.4 Å². The number of carbonyl (C=O) groups excluding carboxylic acids is 1. The summed E-state index contributed by atoms with van der Waals surface area (Å²) < 4.78 is 77.8. The third-order valence-electron chi connectivity index (χ3n) is 2.00. The van der Waals surface area contributed by atoms with Gasteiger partial charge in [-0.15, -0.1) is 0 Å². The Kier molecular flexibility index (Phi) is 7.08. The first-order valence-electron chi connectivity index (χ1n) is 4.85. The molecule has 11 heteroatoms. The topological polar surface area (TPSA) is 52.3 Å². The molecule has 1 rings (SSSR count). The molecule has 0 saturated heterocycles. The van der Waals surface area contributed by atoms with Gasteiger partial charge in [0.1, 0.15) is 5.75 Å². The van der Waals surface area contributed by atoms with Crippen LogP contribution in [-0.4, -0.2) is 19.4 Å². The fourth-order valence-electron chi connectivity index (χ4n) is 1.21. The van der Waals surface area contributed by atoms with Crippen LogP contribution in [-0.2, 0) is 6.18 Å². The zero-order chi connectivity index (χ0) is 14.8. The summed E-state index contributed by atoms with van der Waals surface area (Å²) in [6, 6.07) is 1.84. The smallest absolute Gasteiger partial charge is 0.521 e. The standard InChI is InChI=1S/C9H7BF6NO2.K/c11-9(12,13)6-3-5(8(17)18)1-2-7(6)19-4-10(14,15)16;/h1-3H,4H2,(H2,17,18);/q-1;+1. The Labute approximate surface area is 152 Å². The van der Waals surface area contributed by atoms with Crippen molar-refractivity contribution in [3.8, 4) is 5.75 Å². The van der Waals surface area contributed by atoms with Gasteiger partial charge >= 0.3 is 64.5 Å². The van der Waals surface area contributed by atoms with E-state index in [0.29, 0.717) is 12.1 Å². The Hall–Kier alpha value is -0.229. The average Bonchev–Trinajstić information content (AvgIpc) is 2.23. The van der Waals surface area contributed by atoms with Crippen molar-refractivity contribution in [3.63, 3.8) is 0 Å². The van der Waals surface area contributed by atoms with Crippen LogP contribution in [0.25, 0.3) is 0 Å². The third-order valence-corrected chi connectivity index (χ3v) is 2.00. The van der Waals surface area contributed by atoms with Gasteiger partial charge in [-0.2, -0.15) is 13.2 Å². The summed E-state index contributed by atoms with van der Waals surface area (Å²) in [6.07, 6.45) is -4.96. The van der Waals surface area contributed by atoms with E-state index in [9.17, 15) is 30.9 Å². The van der Waals surface area contributed by atoms with E-state index >= 15 is 0 Å². The van der Waals surface area contributed by atoms with Gasteiger partial charge in [-0.1, -0.05) is 0 Å². The number of nitrogens with two attached hydrogens (primary N) is 1. The van der Waals surface area contributed by atoms with Gasteiger partial charge in [-0.25, -0.2) is 0 Å². The Morgan fingerprint density at radius 1 is 1.25 bits per heavy atom. The maximum absolute atomic E-state index is 12.6. The first kappa shape index (κ1) is 19.8. The molecule has 0 aromatic heterocycles. The van der Waals surface area contributed by atoms with E-state index in [4.69, 9.17) is 5.73 Å². The Bertz CT molecular complexity index is 490. The van der Waals surface area contributed by atoms with Crippen molar-refractivity contribution in [2.45, 2.75) is 6.18 Å². The van der Waals surface area contributed by atoms with Crippen molar-refractivity contribution in [3.05, 3.63) is 29.3 Å². The molecule has 0 aliphatic rings. The molecular weight excluding hydrogens is 318 g/mol. The van der Waals surface area contributed by atoms with Crippen molar-refractivity contribution < 1.29 is 87.0 Å². The minimum atomic E-state index is -5.39. The zero-order valence-corrected chi connectivity index (χ0v) is 13.3. The minimum absolute atomic E-state index is 0. The van der Waals surface area contributed by atoms with Gasteiger partial charge < -0.3 is 23.4 Å². The molecule has 1 aromatic carbocycles. The number of rotatable bonds is 4. The van der Waals surface area contributed by atoms with Crippen molar-refractivity contribution in [2.24, 2.45) is 5.73 Å².